The molecular formula is C16H25N3O2. The molecule has 116 valence electrons. The number of anilines is 1. The zero-order chi connectivity index (χ0) is 15.5. The molecule has 1 aliphatic heterocycles. The van der Waals surface area contributed by atoms with Gasteiger partial charge < -0.3 is 15.0 Å². The van der Waals surface area contributed by atoms with Crippen molar-refractivity contribution >= 4 is 11.9 Å². The quantitative estimate of drug-likeness (QED) is 0.930. The maximum absolute atomic E-state index is 12.0. The number of rotatable bonds is 3. The van der Waals surface area contributed by atoms with Gasteiger partial charge in [0.15, 0.2) is 0 Å². The van der Waals surface area contributed by atoms with E-state index in [1.54, 1.807) is 4.90 Å². The fourth-order valence-corrected chi connectivity index (χ4v) is 2.31. The fraction of sp³-hybridized carbons (Fsp3) is 0.625. The molecule has 21 heavy (non-hydrogen) atoms. The van der Waals surface area contributed by atoms with Crippen molar-refractivity contribution < 1.29 is 9.53 Å². The molecule has 0 unspecified atom stereocenters. The Morgan fingerprint density at radius 3 is 2.86 bits per heavy atom. The van der Waals surface area contributed by atoms with Gasteiger partial charge in [-0.15, -0.1) is 0 Å². The summed E-state index contributed by atoms with van der Waals surface area (Å²) in [6, 6.07) is 4.02. The Hall–Kier alpha value is -1.78. The number of carbonyl (C=O) groups excluding carboxylic acids is 1. The van der Waals surface area contributed by atoms with Crippen molar-refractivity contribution in [1.82, 2.24) is 9.88 Å². The van der Waals surface area contributed by atoms with Crippen LogP contribution in [0.2, 0.25) is 0 Å². The van der Waals surface area contributed by atoms with Gasteiger partial charge in [0.2, 0.25) is 0 Å². The highest BCUT2D eigenvalue weighted by atomic mass is 16.6. The molecule has 5 heteroatoms. The Morgan fingerprint density at radius 1 is 1.48 bits per heavy atom. The highest BCUT2D eigenvalue weighted by Crippen LogP contribution is 2.20. The summed E-state index contributed by atoms with van der Waals surface area (Å²) in [5.74, 6) is 1.33. The van der Waals surface area contributed by atoms with E-state index < -0.39 is 5.60 Å². The van der Waals surface area contributed by atoms with E-state index in [0.717, 1.165) is 37.4 Å². The molecule has 1 aromatic heterocycles. The first-order valence-corrected chi connectivity index (χ1v) is 7.48. The van der Waals surface area contributed by atoms with Crippen molar-refractivity contribution in [2.24, 2.45) is 5.92 Å². The molecule has 1 aromatic rings. The number of nitrogens with zero attached hydrogens (tertiary/aromatic N) is 2. The van der Waals surface area contributed by atoms with Crippen LogP contribution in [-0.4, -0.2) is 41.2 Å². The van der Waals surface area contributed by atoms with Crippen LogP contribution in [0.3, 0.4) is 0 Å². The summed E-state index contributed by atoms with van der Waals surface area (Å²) in [5.41, 5.74) is 0.719. The summed E-state index contributed by atoms with van der Waals surface area (Å²) < 4.78 is 5.40. The van der Waals surface area contributed by atoms with Crippen LogP contribution in [0.15, 0.2) is 18.3 Å². The van der Waals surface area contributed by atoms with Crippen molar-refractivity contribution in [1.29, 1.82) is 0 Å². The lowest BCUT2D eigenvalue weighted by Crippen LogP contribution is -2.35. The first kappa shape index (κ1) is 15.6. The molecule has 1 N–H and O–H groups in total. The SMILES string of the molecule is Cc1ccc(NC[C@H]2CCN(C(=O)OC(C)(C)C)C2)nc1. The van der Waals surface area contributed by atoms with Crippen molar-refractivity contribution in [2.45, 2.75) is 39.7 Å². The van der Waals surface area contributed by atoms with Crippen LogP contribution in [-0.2, 0) is 4.74 Å². The third-order valence-electron chi connectivity index (χ3n) is 3.42. The molecule has 0 bridgehead atoms. The van der Waals surface area contributed by atoms with E-state index >= 15 is 0 Å². The molecule has 2 heterocycles. The average Bonchev–Trinajstić information content (AvgIpc) is 2.85. The Balaban J connectivity index is 1.77. The van der Waals surface area contributed by atoms with E-state index in [1.165, 1.54) is 0 Å². The summed E-state index contributed by atoms with van der Waals surface area (Å²) in [6.45, 7) is 10.0. The van der Waals surface area contributed by atoms with Crippen LogP contribution in [0, 0.1) is 12.8 Å². The van der Waals surface area contributed by atoms with Gasteiger partial charge in [-0.1, -0.05) is 6.07 Å². The molecule has 1 fully saturated rings. The molecule has 0 spiro atoms. The lowest BCUT2D eigenvalue weighted by Gasteiger charge is -2.24. The summed E-state index contributed by atoms with van der Waals surface area (Å²) in [7, 11) is 0. The normalized spacial score (nSPS) is 18.7. The number of hydrogen-bond donors (Lipinski definition) is 1. The lowest BCUT2D eigenvalue weighted by molar-refractivity contribution is 0.0289. The molecule has 0 radical (unpaired) electrons. The van der Waals surface area contributed by atoms with Gasteiger partial charge >= 0.3 is 6.09 Å². The van der Waals surface area contributed by atoms with Crippen LogP contribution in [0.4, 0.5) is 10.6 Å². The van der Waals surface area contributed by atoms with Gasteiger partial charge in [0.1, 0.15) is 11.4 Å². The Kier molecular flexibility index (Phi) is 4.70. The van der Waals surface area contributed by atoms with Crippen molar-refractivity contribution in [2.75, 3.05) is 25.0 Å². The smallest absolute Gasteiger partial charge is 0.410 e. The number of aryl methyl sites for hydroxylation is 1. The number of carbonyl (C=O) groups is 1. The maximum Gasteiger partial charge on any atom is 0.410 e. The molecule has 0 saturated carbocycles. The number of amides is 1. The van der Waals surface area contributed by atoms with E-state index in [2.05, 4.69) is 10.3 Å². The van der Waals surface area contributed by atoms with Crippen molar-refractivity contribution in [3.05, 3.63) is 23.9 Å². The summed E-state index contributed by atoms with van der Waals surface area (Å²) >= 11 is 0. The predicted molar refractivity (Wildman–Crippen MR) is 83.4 cm³/mol. The molecule has 1 saturated heterocycles. The van der Waals surface area contributed by atoms with Gasteiger partial charge in [-0.2, -0.15) is 0 Å². The number of aromatic nitrogens is 1. The lowest BCUT2D eigenvalue weighted by atomic mass is 10.1. The Labute approximate surface area is 126 Å². The second-order valence-electron chi connectivity index (χ2n) is 6.68. The zero-order valence-corrected chi connectivity index (χ0v) is 13.3. The molecule has 1 atom stereocenters. The standard InChI is InChI=1S/C16H25N3O2/c1-12-5-6-14(17-9-12)18-10-13-7-8-19(11-13)15(20)21-16(2,3)4/h5-6,9,13H,7-8,10-11H2,1-4H3,(H,17,18)/t13-/m1/s1. The molecule has 0 aliphatic carbocycles. The molecule has 2 rings (SSSR count). The second kappa shape index (κ2) is 6.33. The second-order valence-corrected chi connectivity index (χ2v) is 6.68. The molecular weight excluding hydrogens is 266 g/mol. The fourth-order valence-electron chi connectivity index (χ4n) is 2.31. The van der Waals surface area contributed by atoms with Crippen molar-refractivity contribution in [3.63, 3.8) is 0 Å². The molecule has 5 nitrogen and oxygen atoms in total. The summed E-state index contributed by atoms with van der Waals surface area (Å²) in [4.78, 5) is 18.1. The topological polar surface area (TPSA) is 54.5 Å². The average molecular weight is 291 g/mol. The predicted octanol–water partition coefficient (Wildman–Crippen LogP) is 3.06. The number of ether oxygens (including phenoxy) is 1. The van der Waals surface area contributed by atoms with Crippen LogP contribution in [0.25, 0.3) is 0 Å². The highest BCUT2D eigenvalue weighted by molar-refractivity contribution is 5.68. The first-order valence-electron chi connectivity index (χ1n) is 7.48. The number of hydrogen-bond acceptors (Lipinski definition) is 4. The van der Waals surface area contributed by atoms with Crippen LogP contribution < -0.4 is 5.32 Å². The van der Waals surface area contributed by atoms with Crippen LogP contribution >= 0.6 is 0 Å². The number of likely N-dealkylation sites (tertiary alicyclic amines) is 1. The van der Waals surface area contributed by atoms with Crippen molar-refractivity contribution in [3.8, 4) is 0 Å². The monoisotopic (exact) mass is 291 g/mol. The third-order valence-corrected chi connectivity index (χ3v) is 3.42. The minimum absolute atomic E-state index is 0.210. The van der Waals surface area contributed by atoms with Gasteiger partial charge in [0.25, 0.3) is 0 Å². The third kappa shape index (κ3) is 4.92. The van der Waals surface area contributed by atoms with E-state index in [0.29, 0.717) is 5.92 Å². The molecule has 1 amide bonds. The largest absolute Gasteiger partial charge is 0.444 e. The van der Waals surface area contributed by atoms with Gasteiger partial charge in [-0.25, -0.2) is 9.78 Å². The number of nitrogens with one attached hydrogen (secondary N) is 1. The number of pyridine rings is 1. The Bertz CT molecular complexity index is 479. The Morgan fingerprint density at radius 2 is 2.24 bits per heavy atom. The summed E-state index contributed by atoms with van der Waals surface area (Å²) in [6.07, 6.45) is 2.64. The first-order chi connectivity index (χ1) is 9.83. The van der Waals surface area contributed by atoms with Gasteiger partial charge in [-0.05, 0) is 51.7 Å². The van der Waals surface area contributed by atoms with Gasteiger partial charge in [0, 0.05) is 25.8 Å². The maximum atomic E-state index is 12.0. The summed E-state index contributed by atoms with van der Waals surface area (Å²) in [5, 5.41) is 3.33. The van der Waals surface area contributed by atoms with E-state index in [-0.39, 0.29) is 6.09 Å². The van der Waals surface area contributed by atoms with Gasteiger partial charge in [-0.3, -0.25) is 0 Å². The van der Waals surface area contributed by atoms with Gasteiger partial charge in [0.05, 0.1) is 0 Å². The molecule has 0 aromatic carbocycles. The minimum atomic E-state index is -0.431. The minimum Gasteiger partial charge on any atom is -0.444 e. The van der Waals surface area contributed by atoms with E-state index in [4.69, 9.17) is 4.74 Å². The van der Waals surface area contributed by atoms with E-state index in [1.807, 2.05) is 46.0 Å². The van der Waals surface area contributed by atoms with E-state index in [9.17, 15) is 4.79 Å². The van der Waals surface area contributed by atoms with Crippen LogP contribution in [0.1, 0.15) is 32.8 Å². The van der Waals surface area contributed by atoms with Crippen LogP contribution in [0.5, 0.6) is 0 Å². The zero-order valence-electron chi connectivity index (χ0n) is 13.3. The molecule has 1 aliphatic rings. The highest BCUT2D eigenvalue weighted by Gasteiger charge is 2.29.